The van der Waals surface area contributed by atoms with E-state index in [0.29, 0.717) is 11.1 Å². The van der Waals surface area contributed by atoms with Crippen molar-refractivity contribution in [2.75, 3.05) is 13.1 Å². The number of phenols is 1. The molecule has 1 amide bonds. The first-order valence-corrected chi connectivity index (χ1v) is 7.72. The molecule has 0 aliphatic carbocycles. The van der Waals surface area contributed by atoms with Gasteiger partial charge in [0.2, 0.25) is 0 Å². The van der Waals surface area contributed by atoms with Gasteiger partial charge in [-0.3, -0.25) is 9.59 Å². The van der Waals surface area contributed by atoms with Crippen LogP contribution < -0.4 is 0 Å². The summed E-state index contributed by atoms with van der Waals surface area (Å²) < 4.78 is 10.6. The quantitative estimate of drug-likeness (QED) is 0.875. The van der Waals surface area contributed by atoms with Gasteiger partial charge in [-0.1, -0.05) is 0 Å². The Bertz CT molecular complexity index is 730. The maximum atomic E-state index is 12.1. The van der Waals surface area contributed by atoms with E-state index in [1.807, 2.05) is 0 Å². The second-order valence-corrected chi connectivity index (χ2v) is 5.78. The van der Waals surface area contributed by atoms with E-state index in [2.05, 4.69) is 0 Å². The number of ether oxygens (including phenoxy) is 1. The second kappa shape index (κ2) is 6.32. The Morgan fingerprint density at radius 1 is 1.35 bits per heavy atom. The van der Waals surface area contributed by atoms with Crippen molar-refractivity contribution in [3.05, 3.63) is 30.0 Å². The number of rotatable bonds is 4. The second-order valence-electron chi connectivity index (χ2n) is 5.78. The zero-order chi connectivity index (χ0) is 16.4. The summed E-state index contributed by atoms with van der Waals surface area (Å²) in [6, 6.07) is 4.71. The van der Waals surface area contributed by atoms with E-state index in [-0.39, 0.29) is 18.1 Å². The largest absolute Gasteiger partial charge is 0.508 e. The van der Waals surface area contributed by atoms with E-state index in [1.165, 1.54) is 18.4 Å². The Labute approximate surface area is 133 Å². The van der Waals surface area contributed by atoms with Gasteiger partial charge in [-0.25, -0.2) is 0 Å². The van der Waals surface area contributed by atoms with E-state index in [9.17, 15) is 14.7 Å². The fourth-order valence-corrected chi connectivity index (χ4v) is 2.85. The minimum absolute atomic E-state index is 0.0232. The molecule has 6 heteroatoms. The molecule has 1 atom stereocenters. The summed E-state index contributed by atoms with van der Waals surface area (Å²) in [7, 11) is 0. The van der Waals surface area contributed by atoms with E-state index in [1.54, 1.807) is 17.9 Å². The van der Waals surface area contributed by atoms with Gasteiger partial charge in [-0.15, -0.1) is 0 Å². The Morgan fingerprint density at radius 2 is 2.09 bits per heavy atom. The van der Waals surface area contributed by atoms with Gasteiger partial charge in [0.15, 0.2) is 6.10 Å². The molecule has 2 aromatic rings. The monoisotopic (exact) mass is 317 g/mol. The predicted molar refractivity (Wildman–Crippen MR) is 83.0 cm³/mol. The zero-order valence-electron chi connectivity index (χ0n) is 12.9. The number of hydrogen-bond donors (Lipinski definition) is 1. The molecule has 3 rings (SSSR count). The van der Waals surface area contributed by atoms with Gasteiger partial charge in [0, 0.05) is 30.1 Å². The van der Waals surface area contributed by atoms with Crippen LogP contribution in [-0.4, -0.2) is 41.1 Å². The third-order valence-corrected chi connectivity index (χ3v) is 4.05. The molecule has 0 saturated carbocycles. The smallest absolute Gasteiger partial charge is 0.311 e. The number of benzene rings is 1. The molecule has 1 saturated heterocycles. The summed E-state index contributed by atoms with van der Waals surface area (Å²) in [6.45, 7) is 3.07. The van der Waals surface area contributed by atoms with Crippen molar-refractivity contribution in [3.63, 3.8) is 0 Å². The molecule has 0 unspecified atom stereocenters. The maximum Gasteiger partial charge on any atom is 0.311 e. The third-order valence-electron chi connectivity index (χ3n) is 4.05. The summed E-state index contributed by atoms with van der Waals surface area (Å²) >= 11 is 0. The number of furan rings is 1. The van der Waals surface area contributed by atoms with Crippen molar-refractivity contribution >= 4 is 22.8 Å². The number of nitrogens with zero attached hydrogens (tertiary/aromatic N) is 1. The van der Waals surface area contributed by atoms with Crippen LogP contribution in [0.4, 0.5) is 0 Å². The summed E-state index contributed by atoms with van der Waals surface area (Å²) in [5.74, 6) is -0.510. The van der Waals surface area contributed by atoms with Crippen LogP contribution in [0.25, 0.3) is 11.0 Å². The molecule has 1 N–H and O–H groups in total. The lowest BCUT2D eigenvalue weighted by atomic mass is 10.1. The van der Waals surface area contributed by atoms with Gasteiger partial charge in [-0.05, 0) is 31.9 Å². The standard InChI is InChI=1S/C17H19NO5/c1-11(17(21)18-6-2-3-7-18)23-16(20)8-12-10-22-15-9-13(19)4-5-14(12)15/h4-5,9-11,19H,2-3,6-8H2,1H3/t11-/m0/s1. The minimum Gasteiger partial charge on any atom is -0.508 e. The fourth-order valence-electron chi connectivity index (χ4n) is 2.85. The first-order chi connectivity index (χ1) is 11.0. The highest BCUT2D eigenvalue weighted by molar-refractivity contribution is 5.88. The molecule has 1 fully saturated rings. The number of amides is 1. The highest BCUT2D eigenvalue weighted by Gasteiger charge is 2.26. The van der Waals surface area contributed by atoms with E-state index >= 15 is 0 Å². The normalized spacial score (nSPS) is 15.8. The molecule has 0 radical (unpaired) electrons. The lowest BCUT2D eigenvalue weighted by Crippen LogP contribution is -2.38. The van der Waals surface area contributed by atoms with Crippen molar-refractivity contribution in [1.29, 1.82) is 0 Å². The number of fused-ring (bicyclic) bond motifs is 1. The number of aromatic hydroxyl groups is 1. The molecule has 0 bridgehead atoms. The average molecular weight is 317 g/mol. The van der Waals surface area contributed by atoms with Crippen LogP contribution >= 0.6 is 0 Å². The topological polar surface area (TPSA) is 80.0 Å². The molecule has 122 valence electrons. The van der Waals surface area contributed by atoms with Crippen LogP contribution in [0.2, 0.25) is 0 Å². The number of phenolic OH excluding ortho intramolecular Hbond substituents is 1. The number of hydrogen-bond acceptors (Lipinski definition) is 5. The van der Waals surface area contributed by atoms with E-state index < -0.39 is 12.1 Å². The maximum absolute atomic E-state index is 12.1. The van der Waals surface area contributed by atoms with Crippen LogP contribution in [0, 0.1) is 0 Å². The average Bonchev–Trinajstić information content (AvgIpc) is 3.16. The van der Waals surface area contributed by atoms with Gasteiger partial charge in [0.25, 0.3) is 5.91 Å². The molecule has 1 aromatic carbocycles. The highest BCUT2D eigenvalue weighted by atomic mass is 16.5. The number of carbonyl (C=O) groups excluding carboxylic acids is 2. The van der Waals surface area contributed by atoms with Gasteiger partial charge in [-0.2, -0.15) is 0 Å². The van der Waals surface area contributed by atoms with Crippen molar-refractivity contribution in [3.8, 4) is 5.75 Å². The highest BCUT2D eigenvalue weighted by Crippen LogP contribution is 2.25. The minimum atomic E-state index is -0.775. The first-order valence-electron chi connectivity index (χ1n) is 7.72. The molecular formula is C17H19NO5. The predicted octanol–water partition coefficient (Wildman–Crippen LogP) is 2.24. The fraction of sp³-hybridized carbons (Fsp3) is 0.412. The Hall–Kier alpha value is -2.50. The summed E-state index contributed by atoms with van der Waals surface area (Å²) in [4.78, 5) is 25.9. The van der Waals surface area contributed by atoms with Gasteiger partial charge < -0.3 is 19.2 Å². The molecule has 1 aliphatic heterocycles. The van der Waals surface area contributed by atoms with Gasteiger partial charge in [0.1, 0.15) is 11.3 Å². The summed E-state index contributed by atoms with van der Waals surface area (Å²) in [6.07, 6.45) is 2.72. The number of esters is 1. The van der Waals surface area contributed by atoms with Crippen LogP contribution in [-0.2, 0) is 20.7 Å². The van der Waals surface area contributed by atoms with E-state index in [0.717, 1.165) is 31.3 Å². The SMILES string of the molecule is C[C@H](OC(=O)Cc1coc2cc(O)ccc12)C(=O)N1CCCC1. The van der Waals surface area contributed by atoms with Gasteiger partial charge in [0.05, 0.1) is 12.7 Å². The number of likely N-dealkylation sites (tertiary alicyclic amines) is 1. The van der Waals surface area contributed by atoms with Crippen LogP contribution in [0.15, 0.2) is 28.9 Å². The van der Waals surface area contributed by atoms with Crippen molar-refractivity contribution in [2.24, 2.45) is 0 Å². The van der Waals surface area contributed by atoms with Crippen LogP contribution in [0.3, 0.4) is 0 Å². The number of carbonyl (C=O) groups is 2. The third kappa shape index (κ3) is 3.31. The molecule has 2 heterocycles. The molecular weight excluding hydrogens is 298 g/mol. The van der Waals surface area contributed by atoms with E-state index in [4.69, 9.17) is 9.15 Å². The molecule has 1 aliphatic rings. The summed E-state index contributed by atoms with van der Waals surface area (Å²) in [5, 5.41) is 10.2. The first kappa shape index (κ1) is 15.4. The van der Waals surface area contributed by atoms with Crippen molar-refractivity contribution in [1.82, 2.24) is 4.90 Å². The zero-order valence-corrected chi connectivity index (χ0v) is 12.9. The van der Waals surface area contributed by atoms with Crippen molar-refractivity contribution < 1.29 is 23.8 Å². The molecule has 23 heavy (non-hydrogen) atoms. The molecule has 1 aromatic heterocycles. The lowest BCUT2D eigenvalue weighted by molar-refractivity contribution is -0.158. The van der Waals surface area contributed by atoms with Crippen LogP contribution in [0.5, 0.6) is 5.75 Å². The van der Waals surface area contributed by atoms with Crippen molar-refractivity contribution in [2.45, 2.75) is 32.3 Å². The molecule has 0 spiro atoms. The Balaban J connectivity index is 1.63. The Kier molecular flexibility index (Phi) is 4.23. The summed E-state index contributed by atoms with van der Waals surface area (Å²) in [5.41, 5.74) is 1.18. The van der Waals surface area contributed by atoms with Gasteiger partial charge >= 0.3 is 5.97 Å². The van der Waals surface area contributed by atoms with Crippen LogP contribution in [0.1, 0.15) is 25.3 Å². The molecule has 6 nitrogen and oxygen atoms in total. The Morgan fingerprint density at radius 3 is 2.83 bits per heavy atom. The lowest BCUT2D eigenvalue weighted by Gasteiger charge is -2.20.